The third-order valence-corrected chi connectivity index (χ3v) is 7.81. The van der Waals surface area contributed by atoms with Crippen LogP contribution in [0.3, 0.4) is 0 Å². The lowest BCUT2D eigenvalue weighted by Gasteiger charge is -2.23. The van der Waals surface area contributed by atoms with Crippen molar-refractivity contribution in [1.29, 1.82) is 5.26 Å². The van der Waals surface area contributed by atoms with E-state index in [1.54, 1.807) is 12.1 Å². The number of benzene rings is 2. The Hall–Kier alpha value is -4.64. The van der Waals surface area contributed by atoms with Crippen LogP contribution in [0.4, 0.5) is 17.1 Å². The standard InChI is InChI=1S/C31H32N6O3S/c1-6-17-36-28-20-24(22-32)11-13-27(28)35(7-2)31(36)16-10-23(3)9-15-30-34(5)26-14-12-25(33-4)21-29(26)37(30)18-8-19-41(38,39)40/h6,9-16,20-21H,1,7-8,17-19H2,2-3,5H3/p+1. The summed E-state index contributed by atoms with van der Waals surface area (Å²) in [5.74, 6) is 1.47. The topological polar surface area (TPSA) is 97.8 Å². The highest BCUT2D eigenvalue weighted by molar-refractivity contribution is 7.85. The van der Waals surface area contributed by atoms with Crippen LogP contribution in [-0.2, 0) is 23.7 Å². The smallest absolute Gasteiger partial charge is 0.282 e. The Bertz CT molecular complexity index is 1780. The minimum Gasteiger partial charge on any atom is -0.326 e. The zero-order valence-electron chi connectivity index (χ0n) is 23.4. The van der Waals surface area contributed by atoms with Crippen molar-refractivity contribution >= 4 is 44.3 Å². The number of aromatic nitrogens is 2. The van der Waals surface area contributed by atoms with Crippen LogP contribution < -0.4 is 14.4 Å². The molecule has 0 amide bonds. The van der Waals surface area contributed by atoms with Gasteiger partial charge in [-0.25, -0.2) is 14.0 Å². The van der Waals surface area contributed by atoms with Crippen molar-refractivity contribution in [1.82, 2.24) is 4.57 Å². The average molecular weight is 570 g/mol. The quantitative estimate of drug-likeness (QED) is 0.114. The van der Waals surface area contributed by atoms with Crippen molar-refractivity contribution in [2.24, 2.45) is 7.05 Å². The van der Waals surface area contributed by atoms with Gasteiger partial charge in [0.15, 0.2) is 16.7 Å². The van der Waals surface area contributed by atoms with Crippen LogP contribution >= 0.6 is 0 Å². The maximum Gasteiger partial charge on any atom is 0.282 e. The summed E-state index contributed by atoms with van der Waals surface area (Å²) >= 11 is 0. The number of nitrogens with zero attached hydrogens (tertiary/aromatic N) is 6. The number of hydrogen-bond acceptors (Lipinski definition) is 5. The molecule has 10 heteroatoms. The van der Waals surface area contributed by atoms with Crippen LogP contribution in [0.2, 0.25) is 0 Å². The summed E-state index contributed by atoms with van der Waals surface area (Å²) in [5.41, 5.74) is 5.82. The summed E-state index contributed by atoms with van der Waals surface area (Å²) in [4.78, 5) is 7.89. The second-order valence-corrected chi connectivity index (χ2v) is 11.3. The van der Waals surface area contributed by atoms with Gasteiger partial charge in [0.1, 0.15) is 5.82 Å². The van der Waals surface area contributed by atoms with Gasteiger partial charge >= 0.3 is 0 Å². The van der Waals surface area contributed by atoms with Crippen molar-refractivity contribution in [2.75, 3.05) is 28.6 Å². The molecule has 1 N–H and O–H groups in total. The largest absolute Gasteiger partial charge is 0.326 e. The van der Waals surface area contributed by atoms with E-state index in [1.807, 2.05) is 71.7 Å². The number of rotatable bonds is 10. The summed E-state index contributed by atoms with van der Waals surface area (Å²) in [6.45, 7) is 17.1. The van der Waals surface area contributed by atoms with Crippen molar-refractivity contribution in [3.63, 3.8) is 0 Å². The fraction of sp³-hybridized carbons (Fsp3) is 0.258. The molecular formula is C31H33N6O3S+. The monoisotopic (exact) mass is 569 g/mol. The predicted molar refractivity (Wildman–Crippen MR) is 163 cm³/mol. The van der Waals surface area contributed by atoms with Crippen LogP contribution in [0.25, 0.3) is 22.0 Å². The van der Waals surface area contributed by atoms with Gasteiger partial charge in [-0.3, -0.25) is 4.55 Å². The molecule has 1 aliphatic heterocycles. The van der Waals surface area contributed by atoms with E-state index in [0.717, 1.165) is 46.2 Å². The van der Waals surface area contributed by atoms with Crippen LogP contribution in [0, 0.1) is 17.9 Å². The van der Waals surface area contributed by atoms with Gasteiger partial charge in [0.2, 0.25) is 0 Å². The molecule has 9 nitrogen and oxygen atoms in total. The molecule has 0 atom stereocenters. The molecule has 0 aliphatic carbocycles. The highest BCUT2D eigenvalue weighted by Gasteiger charge is 2.29. The van der Waals surface area contributed by atoms with Crippen LogP contribution in [-0.4, -0.2) is 36.4 Å². The Labute approximate surface area is 241 Å². The van der Waals surface area contributed by atoms with E-state index in [4.69, 9.17) is 6.57 Å². The van der Waals surface area contributed by atoms with E-state index < -0.39 is 10.1 Å². The predicted octanol–water partition coefficient (Wildman–Crippen LogP) is 5.50. The Morgan fingerprint density at radius 3 is 2.66 bits per heavy atom. The molecule has 210 valence electrons. The Kier molecular flexibility index (Phi) is 8.77. The molecule has 0 saturated heterocycles. The number of fused-ring (bicyclic) bond motifs is 2. The number of hydrogen-bond donors (Lipinski definition) is 1. The molecule has 1 aromatic heterocycles. The molecule has 2 heterocycles. The maximum absolute atomic E-state index is 11.3. The third-order valence-electron chi connectivity index (χ3n) is 7.00. The molecule has 2 aromatic carbocycles. The number of anilines is 2. The average Bonchev–Trinajstić information content (AvgIpc) is 3.39. The molecular weight excluding hydrogens is 536 g/mol. The van der Waals surface area contributed by atoms with Gasteiger partial charge in [-0.1, -0.05) is 29.9 Å². The van der Waals surface area contributed by atoms with Crippen LogP contribution in [0.15, 0.2) is 78.7 Å². The number of imidazole rings is 1. The van der Waals surface area contributed by atoms with E-state index >= 15 is 0 Å². The third kappa shape index (κ3) is 6.25. The lowest BCUT2D eigenvalue weighted by molar-refractivity contribution is -0.647. The van der Waals surface area contributed by atoms with Gasteiger partial charge in [0, 0.05) is 25.6 Å². The van der Waals surface area contributed by atoms with Gasteiger partial charge in [-0.15, -0.1) is 6.58 Å². The highest BCUT2D eigenvalue weighted by atomic mass is 32.2. The lowest BCUT2D eigenvalue weighted by atomic mass is 10.2. The second-order valence-electron chi connectivity index (χ2n) is 9.72. The first-order valence-electron chi connectivity index (χ1n) is 13.2. The molecule has 0 bridgehead atoms. The zero-order chi connectivity index (χ0) is 29.7. The number of allylic oxidation sites excluding steroid dienone is 4. The Morgan fingerprint density at radius 2 is 2.00 bits per heavy atom. The Balaban J connectivity index is 1.70. The molecule has 0 spiro atoms. The van der Waals surface area contributed by atoms with Gasteiger partial charge in [-0.2, -0.15) is 13.7 Å². The van der Waals surface area contributed by atoms with E-state index in [1.165, 1.54) is 0 Å². The molecule has 0 saturated carbocycles. The molecule has 4 rings (SSSR count). The molecule has 0 unspecified atom stereocenters. The number of nitriles is 1. The zero-order valence-corrected chi connectivity index (χ0v) is 24.3. The minimum absolute atomic E-state index is 0.229. The van der Waals surface area contributed by atoms with Crippen molar-refractivity contribution < 1.29 is 17.5 Å². The van der Waals surface area contributed by atoms with E-state index in [9.17, 15) is 18.2 Å². The highest BCUT2D eigenvalue weighted by Crippen LogP contribution is 2.42. The fourth-order valence-corrected chi connectivity index (χ4v) is 5.58. The first kappa shape index (κ1) is 29.3. The number of aryl methyl sites for hydroxylation is 2. The van der Waals surface area contributed by atoms with E-state index in [2.05, 4.69) is 40.3 Å². The normalized spacial score (nSPS) is 14.6. The van der Waals surface area contributed by atoms with Crippen LogP contribution in [0.1, 0.15) is 31.7 Å². The SMILES string of the molecule is [C-]#[N+]c1ccc2c(c1)n(CCCS(=O)(=O)O)c(/C=C/C(C)=C\C=C1/N(CC)c3ccc(C#N)cc3N1CC=C)[n+]2C. The molecule has 3 aromatic rings. The van der Waals surface area contributed by atoms with E-state index in [-0.39, 0.29) is 12.2 Å². The summed E-state index contributed by atoms with van der Waals surface area (Å²) < 4.78 is 35.9. The van der Waals surface area contributed by atoms with Crippen molar-refractivity contribution in [3.05, 3.63) is 101 Å². The fourth-order valence-electron chi connectivity index (χ4n) is 5.08. The maximum atomic E-state index is 11.3. The van der Waals surface area contributed by atoms with Gasteiger partial charge < -0.3 is 9.80 Å². The molecule has 0 fully saturated rings. The lowest BCUT2D eigenvalue weighted by Crippen LogP contribution is -2.31. The van der Waals surface area contributed by atoms with Gasteiger partial charge in [-0.05, 0) is 50.3 Å². The summed E-state index contributed by atoms with van der Waals surface area (Å²) in [7, 11) is -2.15. The molecule has 41 heavy (non-hydrogen) atoms. The van der Waals surface area contributed by atoms with E-state index in [0.29, 0.717) is 24.3 Å². The van der Waals surface area contributed by atoms with Crippen LogP contribution in [0.5, 0.6) is 0 Å². The van der Waals surface area contributed by atoms with Crippen molar-refractivity contribution in [3.8, 4) is 6.07 Å². The minimum atomic E-state index is -4.08. The van der Waals surface area contributed by atoms with Gasteiger partial charge in [0.25, 0.3) is 15.9 Å². The first-order chi connectivity index (χ1) is 19.6. The first-order valence-corrected chi connectivity index (χ1v) is 14.8. The summed E-state index contributed by atoms with van der Waals surface area (Å²) in [5, 5.41) is 9.41. The molecule has 0 radical (unpaired) electrons. The second kappa shape index (κ2) is 12.3. The van der Waals surface area contributed by atoms with Crippen molar-refractivity contribution in [2.45, 2.75) is 26.8 Å². The summed E-state index contributed by atoms with van der Waals surface area (Å²) in [6.07, 6.45) is 10.1. The summed E-state index contributed by atoms with van der Waals surface area (Å²) in [6, 6.07) is 13.4. The molecule has 1 aliphatic rings. The van der Waals surface area contributed by atoms with Gasteiger partial charge in [0.05, 0.1) is 48.9 Å². The Morgan fingerprint density at radius 1 is 1.22 bits per heavy atom.